The SMILES string of the molecule is CCC(C)(C)C1(C(=O)O)C(COC)NC(C)=C(C#N)C1c1ccc(F)cc1Cl. The second-order valence-corrected chi connectivity index (χ2v) is 8.22. The molecule has 1 aliphatic rings. The van der Waals surface area contributed by atoms with Gasteiger partial charge in [-0.1, -0.05) is 38.4 Å². The van der Waals surface area contributed by atoms with Crippen LogP contribution in [0, 0.1) is 28.0 Å². The van der Waals surface area contributed by atoms with Crippen molar-refractivity contribution in [2.75, 3.05) is 13.7 Å². The van der Waals surface area contributed by atoms with E-state index in [-0.39, 0.29) is 17.2 Å². The molecule has 1 aromatic rings. The van der Waals surface area contributed by atoms with E-state index in [4.69, 9.17) is 16.3 Å². The Morgan fingerprint density at radius 2 is 2.14 bits per heavy atom. The first-order valence-electron chi connectivity index (χ1n) is 9.13. The molecule has 0 saturated heterocycles. The lowest BCUT2D eigenvalue weighted by Gasteiger charge is -2.55. The fraction of sp³-hybridized carbons (Fsp3) is 0.524. The summed E-state index contributed by atoms with van der Waals surface area (Å²) in [5.74, 6) is -2.44. The van der Waals surface area contributed by atoms with Gasteiger partial charge in [0.25, 0.3) is 0 Å². The molecule has 0 radical (unpaired) electrons. The summed E-state index contributed by atoms with van der Waals surface area (Å²) in [6.07, 6.45) is 0.536. The number of halogens is 2. The van der Waals surface area contributed by atoms with Crippen molar-refractivity contribution in [1.29, 1.82) is 5.26 Å². The molecule has 1 aliphatic heterocycles. The van der Waals surface area contributed by atoms with Crippen molar-refractivity contribution in [3.05, 3.63) is 45.9 Å². The van der Waals surface area contributed by atoms with E-state index < -0.39 is 34.6 Å². The van der Waals surface area contributed by atoms with Crippen molar-refractivity contribution in [3.8, 4) is 6.07 Å². The van der Waals surface area contributed by atoms with E-state index in [1.54, 1.807) is 6.92 Å². The van der Waals surface area contributed by atoms with Crippen molar-refractivity contribution in [2.45, 2.75) is 46.1 Å². The minimum atomic E-state index is -1.45. The number of nitrogens with zero attached hydrogens (tertiary/aromatic N) is 1. The molecule has 5 nitrogen and oxygen atoms in total. The lowest BCUT2D eigenvalue weighted by molar-refractivity contribution is -0.165. The Balaban J connectivity index is 2.98. The Kier molecular flexibility index (Phi) is 6.42. The molecule has 7 heteroatoms. The van der Waals surface area contributed by atoms with Crippen molar-refractivity contribution in [2.24, 2.45) is 10.8 Å². The van der Waals surface area contributed by atoms with Gasteiger partial charge in [-0.3, -0.25) is 4.79 Å². The molecule has 3 atom stereocenters. The molecule has 0 amide bonds. The molecule has 0 spiro atoms. The summed E-state index contributed by atoms with van der Waals surface area (Å²) in [5, 5.41) is 23.8. The summed E-state index contributed by atoms with van der Waals surface area (Å²) < 4.78 is 19.1. The van der Waals surface area contributed by atoms with Crippen molar-refractivity contribution in [1.82, 2.24) is 5.32 Å². The van der Waals surface area contributed by atoms with Gasteiger partial charge in [-0.15, -0.1) is 0 Å². The van der Waals surface area contributed by atoms with E-state index in [9.17, 15) is 19.6 Å². The van der Waals surface area contributed by atoms with Crippen molar-refractivity contribution in [3.63, 3.8) is 0 Å². The summed E-state index contributed by atoms with van der Waals surface area (Å²) >= 11 is 6.37. The Bertz CT molecular complexity index is 847. The van der Waals surface area contributed by atoms with Crippen LogP contribution in [0.4, 0.5) is 4.39 Å². The van der Waals surface area contributed by atoms with Crippen molar-refractivity contribution >= 4 is 17.6 Å². The molecular formula is C21H26ClFN2O3. The maximum absolute atomic E-state index is 13.7. The van der Waals surface area contributed by atoms with Crippen LogP contribution in [0.1, 0.15) is 45.6 Å². The van der Waals surface area contributed by atoms with E-state index in [0.29, 0.717) is 17.7 Å². The van der Waals surface area contributed by atoms with Gasteiger partial charge in [-0.2, -0.15) is 5.26 Å². The number of carboxylic acid groups (broad SMARTS) is 1. The number of ether oxygens (including phenoxy) is 1. The third kappa shape index (κ3) is 3.27. The minimum Gasteiger partial charge on any atom is -0.481 e. The van der Waals surface area contributed by atoms with E-state index in [2.05, 4.69) is 11.4 Å². The highest BCUT2D eigenvalue weighted by Crippen LogP contribution is 2.59. The van der Waals surface area contributed by atoms with Crippen LogP contribution in [0.15, 0.2) is 29.5 Å². The summed E-state index contributed by atoms with van der Waals surface area (Å²) in [6.45, 7) is 7.50. The standard InChI is InChI=1S/C21H26ClFN2O3/c1-6-20(3,4)21(19(26)27)17(11-28-5)25-12(2)15(10-24)18(21)14-8-7-13(23)9-16(14)22/h7-9,17-18,25H,6,11H2,1-5H3,(H,26,27). The molecular weight excluding hydrogens is 383 g/mol. The van der Waals surface area contributed by atoms with Gasteiger partial charge in [0.05, 0.1) is 24.3 Å². The van der Waals surface area contributed by atoms with Gasteiger partial charge >= 0.3 is 5.97 Å². The van der Waals surface area contributed by atoms with E-state index in [1.165, 1.54) is 19.2 Å². The largest absolute Gasteiger partial charge is 0.481 e. The maximum Gasteiger partial charge on any atom is 0.313 e. The predicted molar refractivity (Wildman–Crippen MR) is 105 cm³/mol. The third-order valence-electron chi connectivity index (χ3n) is 6.17. The first-order chi connectivity index (χ1) is 13.1. The Hall–Kier alpha value is -2.10. The van der Waals surface area contributed by atoms with Gasteiger partial charge in [0.15, 0.2) is 0 Å². The summed E-state index contributed by atoms with van der Waals surface area (Å²) in [5.41, 5.74) is -0.932. The molecule has 0 aliphatic carbocycles. The van der Waals surface area contributed by atoms with Crippen LogP contribution in [0.25, 0.3) is 0 Å². The summed E-state index contributed by atoms with van der Waals surface area (Å²) in [4.78, 5) is 13.0. The molecule has 1 aromatic carbocycles. The molecule has 1 heterocycles. The zero-order valence-electron chi connectivity index (χ0n) is 16.8. The van der Waals surface area contributed by atoms with Crippen LogP contribution in [0.3, 0.4) is 0 Å². The van der Waals surface area contributed by atoms with Crippen LogP contribution >= 0.6 is 11.6 Å². The molecule has 2 rings (SSSR count). The average molecular weight is 409 g/mol. The topological polar surface area (TPSA) is 82.3 Å². The third-order valence-corrected chi connectivity index (χ3v) is 6.50. The number of rotatable bonds is 6. The molecule has 0 aromatic heterocycles. The number of methoxy groups -OCH3 is 1. The van der Waals surface area contributed by atoms with Gasteiger partial charge in [-0.05, 0) is 36.5 Å². The second kappa shape index (κ2) is 8.10. The number of benzene rings is 1. The predicted octanol–water partition coefficient (Wildman–Crippen LogP) is 4.49. The Morgan fingerprint density at radius 1 is 1.50 bits per heavy atom. The molecule has 0 bridgehead atoms. The lowest BCUT2D eigenvalue weighted by atomic mass is 9.50. The van der Waals surface area contributed by atoms with Crippen LogP contribution in [0.5, 0.6) is 0 Å². The maximum atomic E-state index is 13.7. The number of hydrogen-bond acceptors (Lipinski definition) is 4. The molecule has 3 unspecified atom stereocenters. The van der Waals surface area contributed by atoms with Gasteiger partial charge in [0.2, 0.25) is 0 Å². The normalized spacial score (nSPS) is 25.2. The van der Waals surface area contributed by atoms with Gasteiger partial charge in [0, 0.05) is 23.7 Å². The fourth-order valence-electron chi connectivity index (χ4n) is 4.44. The van der Waals surface area contributed by atoms with E-state index in [0.717, 1.165) is 6.07 Å². The number of aliphatic carboxylic acids is 1. The zero-order valence-corrected chi connectivity index (χ0v) is 17.5. The van der Waals surface area contributed by atoms with Gasteiger partial charge in [-0.25, -0.2) is 4.39 Å². The number of carboxylic acids is 1. The highest BCUT2D eigenvalue weighted by Gasteiger charge is 2.64. The highest BCUT2D eigenvalue weighted by atomic mass is 35.5. The molecule has 152 valence electrons. The number of allylic oxidation sites excluding steroid dienone is 2. The Morgan fingerprint density at radius 3 is 2.61 bits per heavy atom. The van der Waals surface area contributed by atoms with Gasteiger partial charge < -0.3 is 15.2 Å². The quantitative estimate of drug-likeness (QED) is 0.724. The molecule has 28 heavy (non-hydrogen) atoms. The molecule has 2 N–H and O–H groups in total. The number of nitriles is 1. The summed E-state index contributed by atoms with van der Waals surface area (Å²) in [6, 6.07) is 5.43. The molecule has 0 fully saturated rings. The van der Waals surface area contributed by atoms with E-state index >= 15 is 0 Å². The second-order valence-electron chi connectivity index (χ2n) is 7.81. The number of hydrogen-bond donors (Lipinski definition) is 2. The van der Waals surface area contributed by atoms with E-state index in [1.807, 2.05) is 20.8 Å². The zero-order chi connectivity index (χ0) is 21.3. The lowest BCUT2D eigenvalue weighted by Crippen LogP contribution is -2.64. The smallest absolute Gasteiger partial charge is 0.313 e. The average Bonchev–Trinajstić information content (AvgIpc) is 2.61. The number of nitrogens with one attached hydrogen (secondary N) is 1. The number of carbonyl (C=O) groups is 1. The van der Waals surface area contributed by atoms with Crippen LogP contribution in [-0.2, 0) is 9.53 Å². The fourth-order valence-corrected chi connectivity index (χ4v) is 4.72. The first-order valence-corrected chi connectivity index (χ1v) is 9.50. The Labute approximate surface area is 170 Å². The van der Waals surface area contributed by atoms with Crippen LogP contribution in [0.2, 0.25) is 5.02 Å². The first kappa shape index (κ1) is 22.2. The summed E-state index contributed by atoms with van der Waals surface area (Å²) in [7, 11) is 1.51. The van der Waals surface area contributed by atoms with Crippen LogP contribution < -0.4 is 5.32 Å². The van der Waals surface area contributed by atoms with Crippen LogP contribution in [-0.4, -0.2) is 30.8 Å². The van der Waals surface area contributed by atoms with Gasteiger partial charge in [0.1, 0.15) is 11.2 Å². The van der Waals surface area contributed by atoms with Crippen molar-refractivity contribution < 1.29 is 19.0 Å². The highest BCUT2D eigenvalue weighted by molar-refractivity contribution is 6.31. The minimum absolute atomic E-state index is 0.0983. The monoisotopic (exact) mass is 408 g/mol. The molecule has 0 saturated carbocycles.